The van der Waals surface area contributed by atoms with Crippen molar-refractivity contribution >= 4 is 46.7 Å². The van der Waals surface area contributed by atoms with Gasteiger partial charge in [-0.2, -0.15) is 0 Å². The number of carbonyl (C=O) groups excluding carboxylic acids is 2. The Morgan fingerprint density at radius 1 is 0.920 bits per heavy atom. The van der Waals surface area contributed by atoms with E-state index in [2.05, 4.69) is 13.8 Å². The minimum absolute atomic E-state index is 0.172. The lowest BCUT2D eigenvalue weighted by Gasteiger charge is -2.08. The molecular formula is C18H23Cl3O4. The minimum Gasteiger partial charge on any atom is -0.466 e. The van der Waals surface area contributed by atoms with Crippen molar-refractivity contribution in [1.82, 2.24) is 0 Å². The Balaban J connectivity index is 2.20. The van der Waals surface area contributed by atoms with Crippen molar-refractivity contribution in [2.45, 2.75) is 52.4 Å². The van der Waals surface area contributed by atoms with Gasteiger partial charge >= 0.3 is 11.9 Å². The van der Waals surface area contributed by atoms with E-state index in [9.17, 15) is 9.59 Å². The highest BCUT2D eigenvalue weighted by molar-refractivity contribution is 6.43. The van der Waals surface area contributed by atoms with Crippen LogP contribution in [0.3, 0.4) is 0 Å². The van der Waals surface area contributed by atoms with Gasteiger partial charge in [-0.15, -0.1) is 0 Å². The second-order valence-corrected chi connectivity index (χ2v) is 7.36. The monoisotopic (exact) mass is 408 g/mol. The first-order valence-electron chi connectivity index (χ1n) is 8.30. The van der Waals surface area contributed by atoms with Crippen LogP contribution in [-0.2, 0) is 14.3 Å². The van der Waals surface area contributed by atoms with Gasteiger partial charge in [0.1, 0.15) is 0 Å². The molecule has 0 saturated heterocycles. The topological polar surface area (TPSA) is 52.6 Å². The molecule has 25 heavy (non-hydrogen) atoms. The molecule has 4 nitrogen and oxygen atoms in total. The van der Waals surface area contributed by atoms with Gasteiger partial charge in [0, 0.05) is 18.9 Å². The zero-order chi connectivity index (χ0) is 18.8. The summed E-state index contributed by atoms with van der Waals surface area (Å²) in [5, 5.41) is 0.764. The number of ether oxygens (including phenoxy) is 2. The van der Waals surface area contributed by atoms with Gasteiger partial charge < -0.3 is 9.47 Å². The van der Waals surface area contributed by atoms with Crippen LogP contribution in [0.25, 0.3) is 0 Å². The molecule has 0 spiro atoms. The Labute approximate surface area is 163 Å². The van der Waals surface area contributed by atoms with Crippen molar-refractivity contribution in [2.75, 3.05) is 6.61 Å². The van der Waals surface area contributed by atoms with Crippen LogP contribution in [0.2, 0.25) is 15.1 Å². The average molecular weight is 410 g/mol. The third-order valence-corrected chi connectivity index (χ3v) is 4.42. The third-order valence-electron chi connectivity index (χ3n) is 3.40. The van der Waals surface area contributed by atoms with Crippen LogP contribution in [0.15, 0.2) is 12.1 Å². The van der Waals surface area contributed by atoms with Crippen LogP contribution in [0, 0.1) is 5.92 Å². The van der Waals surface area contributed by atoms with Crippen LogP contribution in [0.4, 0.5) is 0 Å². The van der Waals surface area contributed by atoms with Gasteiger partial charge in [-0.3, -0.25) is 9.59 Å². The van der Waals surface area contributed by atoms with E-state index < -0.39 is 5.97 Å². The molecule has 0 saturated carbocycles. The molecule has 0 aromatic heterocycles. The molecule has 1 aromatic carbocycles. The van der Waals surface area contributed by atoms with Crippen LogP contribution in [-0.4, -0.2) is 18.5 Å². The molecule has 0 unspecified atom stereocenters. The van der Waals surface area contributed by atoms with Gasteiger partial charge in [0.15, 0.2) is 5.75 Å². The lowest BCUT2D eigenvalue weighted by atomic mass is 10.1. The smallest absolute Gasteiger partial charge is 0.311 e. The van der Waals surface area contributed by atoms with E-state index >= 15 is 0 Å². The summed E-state index contributed by atoms with van der Waals surface area (Å²) >= 11 is 17.6. The van der Waals surface area contributed by atoms with Crippen molar-refractivity contribution in [3.05, 3.63) is 27.2 Å². The summed E-state index contributed by atoms with van der Waals surface area (Å²) in [5.74, 6) is 0.106. The standard InChI is InChI=1S/C18H23Cl3O4/c1-12(2)6-5-9-24-17(22)7-3-4-8-18(23)25-16-11-14(20)13(19)10-15(16)21/h10-12H,3-9H2,1-2H3. The Morgan fingerprint density at radius 2 is 1.52 bits per heavy atom. The molecule has 140 valence electrons. The highest BCUT2D eigenvalue weighted by Gasteiger charge is 2.12. The molecule has 0 aliphatic rings. The minimum atomic E-state index is -0.439. The van der Waals surface area contributed by atoms with E-state index in [-0.39, 0.29) is 28.2 Å². The van der Waals surface area contributed by atoms with E-state index in [1.54, 1.807) is 0 Å². The molecule has 1 rings (SSSR count). The summed E-state index contributed by atoms with van der Waals surface area (Å²) in [5.41, 5.74) is 0. The number of unbranched alkanes of at least 4 members (excludes halogenated alkanes) is 1. The molecule has 0 N–H and O–H groups in total. The maximum absolute atomic E-state index is 11.8. The number of esters is 2. The Kier molecular flexibility index (Phi) is 10.2. The molecule has 0 bridgehead atoms. The Hall–Kier alpha value is -0.970. The lowest BCUT2D eigenvalue weighted by molar-refractivity contribution is -0.144. The normalized spacial score (nSPS) is 10.8. The number of hydrogen-bond acceptors (Lipinski definition) is 4. The summed E-state index contributed by atoms with van der Waals surface area (Å²) < 4.78 is 10.3. The van der Waals surface area contributed by atoms with Crippen LogP contribution >= 0.6 is 34.8 Å². The molecule has 0 amide bonds. The fourth-order valence-electron chi connectivity index (χ4n) is 2.04. The highest BCUT2D eigenvalue weighted by atomic mass is 35.5. The molecule has 0 radical (unpaired) electrons. The average Bonchev–Trinajstić information content (AvgIpc) is 2.53. The Morgan fingerprint density at radius 3 is 2.16 bits per heavy atom. The van der Waals surface area contributed by atoms with Crippen LogP contribution < -0.4 is 4.74 Å². The predicted molar refractivity (Wildman–Crippen MR) is 101 cm³/mol. The first-order valence-corrected chi connectivity index (χ1v) is 9.43. The van der Waals surface area contributed by atoms with Gasteiger partial charge in [0.25, 0.3) is 0 Å². The highest BCUT2D eigenvalue weighted by Crippen LogP contribution is 2.34. The predicted octanol–water partition coefficient (Wildman–Crippen LogP) is 6.09. The van der Waals surface area contributed by atoms with E-state index in [0.29, 0.717) is 36.8 Å². The Bertz CT molecular complexity index is 588. The molecule has 0 atom stereocenters. The van der Waals surface area contributed by atoms with Gasteiger partial charge in [0.05, 0.1) is 21.7 Å². The van der Waals surface area contributed by atoms with Crippen molar-refractivity contribution in [2.24, 2.45) is 5.92 Å². The van der Waals surface area contributed by atoms with Crippen LogP contribution in [0.1, 0.15) is 52.4 Å². The quantitative estimate of drug-likeness (QED) is 0.203. The SMILES string of the molecule is CC(C)CCCOC(=O)CCCCC(=O)Oc1cc(Cl)c(Cl)cc1Cl. The molecule has 0 aliphatic heterocycles. The first kappa shape index (κ1) is 22.1. The number of rotatable bonds is 10. The largest absolute Gasteiger partial charge is 0.466 e. The number of halogens is 3. The summed E-state index contributed by atoms with van der Waals surface area (Å²) in [6.07, 6.45) is 3.47. The van der Waals surface area contributed by atoms with Gasteiger partial charge in [-0.05, 0) is 37.7 Å². The molecule has 0 aliphatic carbocycles. The zero-order valence-corrected chi connectivity index (χ0v) is 16.7. The van der Waals surface area contributed by atoms with Gasteiger partial charge in [-0.1, -0.05) is 48.7 Å². The van der Waals surface area contributed by atoms with Crippen molar-refractivity contribution in [3.8, 4) is 5.75 Å². The van der Waals surface area contributed by atoms with Gasteiger partial charge in [-0.25, -0.2) is 0 Å². The lowest BCUT2D eigenvalue weighted by Crippen LogP contribution is -2.09. The van der Waals surface area contributed by atoms with E-state index in [0.717, 1.165) is 12.8 Å². The molecule has 7 heteroatoms. The third kappa shape index (κ3) is 9.34. The summed E-state index contributed by atoms with van der Waals surface area (Å²) in [6, 6.07) is 2.82. The van der Waals surface area contributed by atoms with Crippen molar-refractivity contribution < 1.29 is 19.1 Å². The number of hydrogen-bond donors (Lipinski definition) is 0. The fraction of sp³-hybridized carbons (Fsp3) is 0.556. The molecule has 0 heterocycles. The maximum Gasteiger partial charge on any atom is 0.311 e. The van der Waals surface area contributed by atoms with Crippen LogP contribution in [0.5, 0.6) is 5.75 Å². The van der Waals surface area contributed by atoms with Gasteiger partial charge in [0.2, 0.25) is 0 Å². The molecule has 0 fully saturated rings. The first-order chi connectivity index (χ1) is 11.8. The van der Waals surface area contributed by atoms with Crippen molar-refractivity contribution in [1.29, 1.82) is 0 Å². The fourth-order valence-corrected chi connectivity index (χ4v) is 2.62. The second kappa shape index (κ2) is 11.6. The van der Waals surface area contributed by atoms with Crippen molar-refractivity contribution in [3.63, 3.8) is 0 Å². The van der Waals surface area contributed by atoms with E-state index in [1.807, 2.05) is 0 Å². The van der Waals surface area contributed by atoms with E-state index in [4.69, 9.17) is 44.3 Å². The number of carbonyl (C=O) groups is 2. The summed E-state index contributed by atoms with van der Waals surface area (Å²) in [7, 11) is 0. The maximum atomic E-state index is 11.8. The second-order valence-electron chi connectivity index (χ2n) is 6.13. The number of benzene rings is 1. The zero-order valence-electron chi connectivity index (χ0n) is 14.4. The molecular weight excluding hydrogens is 387 g/mol. The van der Waals surface area contributed by atoms with E-state index in [1.165, 1.54) is 12.1 Å². The summed E-state index contributed by atoms with van der Waals surface area (Å²) in [4.78, 5) is 23.4. The molecule has 1 aromatic rings. The summed E-state index contributed by atoms with van der Waals surface area (Å²) in [6.45, 7) is 4.72.